The van der Waals surface area contributed by atoms with Crippen LogP contribution in [0.2, 0.25) is 5.02 Å². The van der Waals surface area contributed by atoms with Crippen molar-refractivity contribution < 1.29 is 12.9 Å². The standard InChI is InChI=1S/C16H21ClN4O3S/c1-25(22,23)18-10-14-4-2-3-9-21(14)11-15-19-16(20-24-15)12-5-7-13(17)8-6-12/h5-8,14,18H,2-4,9-11H2,1H3. The number of nitrogens with zero attached hydrogens (tertiary/aromatic N) is 3. The Bertz CT molecular complexity index is 807. The van der Waals surface area contributed by atoms with Crippen molar-refractivity contribution in [2.45, 2.75) is 31.8 Å². The third-order valence-corrected chi connectivity index (χ3v) is 5.18. The van der Waals surface area contributed by atoms with Crippen molar-refractivity contribution >= 4 is 21.6 Å². The largest absolute Gasteiger partial charge is 0.338 e. The van der Waals surface area contributed by atoms with Crippen LogP contribution in [0, 0.1) is 0 Å². The van der Waals surface area contributed by atoms with Crippen LogP contribution in [0.3, 0.4) is 0 Å². The van der Waals surface area contributed by atoms with Crippen molar-refractivity contribution in [3.8, 4) is 11.4 Å². The minimum absolute atomic E-state index is 0.134. The van der Waals surface area contributed by atoms with Crippen LogP contribution in [0.25, 0.3) is 11.4 Å². The fourth-order valence-corrected chi connectivity index (χ4v) is 3.58. The average Bonchev–Trinajstić information content (AvgIpc) is 3.02. The molecule has 0 saturated carbocycles. The Hall–Kier alpha value is -1.48. The molecule has 0 spiro atoms. The smallest absolute Gasteiger partial charge is 0.241 e. The van der Waals surface area contributed by atoms with Gasteiger partial charge in [0, 0.05) is 23.2 Å². The Morgan fingerprint density at radius 3 is 2.80 bits per heavy atom. The number of piperidine rings is 1. The summed E-state index contributed by atoms with van der Waals surface area (Å²) in [6.45, 7) is 1.79. The van der Waals surface area contributed by atoms with Gasteiger partial charge in [0.1, 0.15) is 0 Å². The van der Waals surface area contributed by atoms with Crippen LogP contribution in [-0.4, -0.2) is 48.8 Å². The second kappa shape index (κ2) is 7.82. The highest BCUT2D eigenvalue weighted by molar-refractivity contribution is 7.88. The molecule has 0 bridgehead atoms. The Balaban J connectivity index is 1.66. The molecule has 1 N–H and O–H groups in total. The Labute approximate surface area is 152 Å². The molecule has 1 atom stereocenters. The van der Waals surface area contributed by atoms with Crippen LogP contribution >= 0.6 is 11.6 Å². The van der Waals surface area contributed by atoms with Crippen LogP contribution in [0.4, 0.5) is 0 Å². The molecule has 1 aromatic carbocycles. The average molecular weight is 385 g/mol. The number of sulfonamides is 1. The molecule has 1 aliphatic rings. The second-order valence-corrected chi connectivity index (χ2v) is 8.53. The summed E-state index contributed by atoms with van der Waals surface area (Å²) in [7, 11) is -3.19. The third-order valence-electron chi connectivity index (χ3n) is 4.24. The van der Waals surface area contributed by atoms with Crippen molar-refractivity contribution in [1.82, 2.24) is 19.8 Å². The molecule has 1 aromatic heterocycles. The molecule has 1 unspecified atom stereocenters. The van der Waals surface area contributed by atoms with Gasteiger partial charge in [-0.15, -0.1) is 0 Å². The predicted octanol–water partition coefficient (Wildman–Crippen LogP) is 2.29. The highest BCUT2D eigenvalue weighted by Gasteiger charge is 2.25. The van der Waals surface area contributed by atoms with Crippen molar-refractivity contribution in [2.24, 2.45) is 0 Å². The van der Waals surface area contributed by atoms with Gasteiger partial charge in [0.15, 0.2) is 0 Å². The number of hydrogen-bond acceptors (Lipinski definition) is 6. The summed E-state index contributed by atoms with van der Waals surface area (Å²) in [5.74, 6) is 1.05. The lowest BCUT2D eigenvalue weighted by Gasteiger charge is -2.34. The molecular formula is C16H21ClN4O3S. The highest BCUT2D eigenvalue weighted by Crippen LogP contribution is 2.22. The van der Waals surface area contributed by atoms with E-state index in [1.807, 2.05) is 12.1 Å². The number of hydrogen-bond donors (Lipinski definition) is 1. The van der Waals surface area contributed by atoms with Gasteiger partial charge in [-0.25, -0.2) is 13.1 Å². The lowest BCUT2D eigenvalue weighted by Crippen LogP contribution is -2.46. The van der Waals surface area contributed by atoms with Gasteiger partial charge in [0.2, 0.25) is 21.7 Å². The molecule has 0 amide bonds. The van der Waals surface area contributed by atoms with Gasteiger partial charge < -0.3 is 4.52 Å². The Morgan fingerprint density at radius 1 is 1.32 bits per heavy atom. The van der Waals surface area contributed by atoms with E-state index in [1.165, 1.54) is 6.26 Å². The zero-order valence-electron chi connectivity index (χ0n) is 14.0. The van der Waals surface area contributed by atoms with E-state index in [2.05, 4.69) is 19.8 Å². The second-order valence-electron chi connectivity index (χ2n) is 6.26. The third kappa shape index (κ3) is 5.24. The van der Waals surface area contributed by atoms with E-state index in [-0.39, 0.29) is 6.04 Å². The van der Waals surface area contributed by atoms with Crippen LogP contribution in [0.5, 0.6) is 0 Å². The first-order valence-electron chi connectivity index (χ1n) is 8.18. The van der Waals surface area contributed by atoms with Gasteiger partial charge in [-0.2, -0.15) is 4.98 Å². The number of aromatic nitrogens is 2. The predicted molar refractivity (Wildman–Crippen MR) is 95.6 cm³/mol. The van der Waals surface area contributed by atoms with E-state index in [0.717, 1.165) is 31.4 Å². The summed E-state index contributed by atoms with van der Waals surface area (Å²) in [5.41, 5.74) is 0.841. The molecule has 2 heterocycles. The zero-order chi connectivity index (χ0) is 17.9. The van der Waals surface area contributed by atoms with Crippen LogP contribution in [0.15, 0.2) is 28.8 Å². The molecule has 1 aliphatic heterocycles. The van der Waals surface area contributed by atoms with Gasteiger partial charge in [0.05, 0.1) is 12.8 Å². The van der Waals surface area contributed by atoms with Crippen LogP contribution < -0.4 is 4.72 Å². The molecule has 1 saturated heterocycles. The van der Waals surface area contributed by atoms with Crippen molar-refractivity contribution in [3.63, 3.8) is 0 Å². The summed E-state index contributed by atoms with van der Waals surface area (Å²) in [4.78, 5) is 6.64. The van der Waals surface area contributed by atoms with Gasteiger partial charge >= 0.3 is 0 Å². The van der Waals surface area contributed by atoms with E-state index in [4.69, 9.17) is 16.1 Å². The molecule has 0 aliphatic carbocycles. The normalized spacial score (nSPS) is 19.2. The summed E-state index contributed by atoms with van der Waals surface area (Å²) < 4.78 is 30.7. The maximum atomic E-state index is 11.3. The monoisotopic (exact) mass is 384 g/mol. The fourth-order valence-electron chi connectivity index (χ4n) is 2.96. The first-order valence-corrected chi connectivity index (χ1v) is 10.4. The molecule has 9 heteroatoms. The van der Waals surface area contributed by atoms with E-state index in [9.17, 15) is 8.42 Å². The maximum Gasteiger partial charge on any atom is 0.241 e. The highest BCUT2D eigenvalue weighted by atomic mass is 35.5. The molecule has 2 aromatic rings. The summed E-state index contributed by atoms with van der Waals surface area (Å²) in [6, 6.07) is 7.39. The van der Waals surface area contributed by atoms with Crippen LogP contribution in [0.1, 0.15) is 25.2 Å². The minimum Gasteiger partial charge on any atom is -0.338 e. The van der Waals surface area contributed by atoms with Gasteiger partial charge in [-0.3, -0.25) is 4.90 Å². The van der Waals surface area contributed by atoms with E-state index < -0.39 is 10.0 Å². The molecule has 136 valence electrons. The van der Waals surface area contributed by atoms with Gasteiger partial charge in [0.25, 0.3) is 0 Å². The van der Waals surface area contributed by atoms with Crippen molar-refractivity contribution in [1.29, 1.82) is 0 Å². The molecule has 1 fully saturated rings. The first kappa shape index (κ1) is 18.3. The molecule has 25 heavy (non-hydrogen) atoms. The number of halogens is 1. The Morgan fingerprint density at radius 2 is 2.08 bits per heavy atom. The van der Waals surface area contributed by atoms with E-state index in [1.54, 1.807) is 12.1 Å². The van der Waals surface area contributed by atoms with Crippen molar-refractivity contribution in [3.05, 3.63) is 35.2 Å². The Kier molecular flexibility index (Phi) is 5.73. The number of nitrogens with one attached hydrogen (secondary N) is 1. The fraction of sp³-hybridized carbons (Fsp3) is 0.500. The van der Waals surface area contributed by atoms with E-state index in [0.29, 0.717) is 29.8 Å². The first-order chi connectivity index (χ1) is 11.9. The molecular weight excluding hydrogens is 364 g/mol. The van der Waals surface area contributed by atoms with E-state index >= 15 is 0 Å². The van der Waals surface area contributed by atoms with Crippen LogP contribution in [-0.2, 0) is 16.6 Å². The van der Waals surface area contributed by atoms with Gasteiger partial charge in [-0.1, -0.05) is 23.2 Å². The molecule has 0 radical (unpaired) electrons. The SMILES string of the molecule is CS(=O)(=O)NCC1CCCCN1Cc1nc(-c2ccc(Cl)cc2)no1. The number of benzene rings is 1. The lowest BCUT2D eigenvalue weighted by molar-refractivity contribution is 0.125. The van der Waals surface area contributed by atoms with Gasteiger partial charge in [-0.05, 0) is 43.7 Å². The lowest BCUT2D eigenvalue weighted by atomic mass is 10.0. The number of likely N-dealkylation sites (tertiary alicyclic amines) is 1. The maximum absolute atomic E-state index is 11.3. The summed E-state index contributed by atoms with van der Waals surface area (Å²) >= 11 is 5.89. The molecule has 7 nitrogen and oxygen atoms in total. The quantitative estimate of drug-likeness (QED) is 0.822. The molecule has 3 rings (SSSR count). The van der Waals surface area contributed by atoms with Crippen molar-refractivity contribution in [2.75, 3.05) is 19.3 Å². The number of rotatable bonds is 6. The topological polar surface area (TPSA) is 88.3 Å². The summed E-state index contributed by atoms with van der Waals surface area (Å²) in [6.07, 6.45) is 4.29. The zero-order valence-corrected chi connectivity index (χ0v) is 15.6. The summed E-state index contributed by atoms with van der Waals surface area (Å²) in [5, 5.41) is 4.68. The minimum atomic E-state index is -3.19.